The second-order valence-electron chi connectivity index (χ2n) is 6.14. The molecule has 0 spiro atoms. The minimum atomic E-state index is -0.141. The molecular weight excluding hydrogens is 382 g/mol. The molecule has 1 aliphatic heterocycles. The zero-order valence-corrected chi connectivity index (χ0v) is 15.8. The summed E-state index contributed by atoms with van der Waals surface area (Å²) in [4.78, 5) is 1.58. The third-order valence-electron chi connectivity index (χ3n) is 4.37. The van der Waals surface area contributed by atoms with Crippen molar-refractivity contribution in [1.82, 2.24) is 5.01 Å². The number of methoxy groups -OCH3 is 1. The van der Waals surface area contributed by atoms with E-state index in [0.717, 1.165) is 38.3 Å². The molecule has 1 heterocycles. The summed E-state index contributed by atoms with van der Waals surface area (Å²) in [6.45, 7) is 5.05. The first kappa shape index (κ1) is 17.8. The highest BCUT2D eigenvalue weighted by Gasteiger charge is 2.18. The highest BCUT2D eigenvalue weighted by atomic mass is 79.9. The Labute approximate surface area is 156 Å². The van der Waals surface area contributed by atoms with Crippen LogP contribution < -0.4 is 14.7 Å². The number of nitrogens with zero attached hydrogens (tertiary/aromatic N) is 2. The van der Waals surface area contributed by atoms with Gasteiger partial charge in [-0.3, -0.25) is 5.01 Å². The van der Waals surface area contributed by atoms with Gasteiger partial charge in [-0.05, 0) is 17.7 Å². The molecule has 1 N–H and O–H groups in total. The molecule has 2 aromatic rings. The number of hydrogen-bond acceptors (Lipinski definition) is 4. The molecule has 0 unspecified atom stereocenters. The largest absolute Gasteiger partial charge is 0.869 e. The molecule has 5 nitrogen and oxygen atoms in total. The van der Waals surface area contributed by atoms with Crippen LogP contribution in [0, 0.1) is 0 Å². The number of quaternary nitrogens is 1. The number of rotatable bonds is 5. The monoisotopic (exact) mass is 403 g/mol. The van der Waals surface area contributed by atoms with Gasteiger partial charge in [-0.2, -0.15) is 5.10 Å². The van der Waals surface area contributed by atoms with Crippen LogP contribution in [0.2, 0.25) is 0 Å². The number of halogens is 1. The van der Waals surface area contributed by atoms with Crippen molar-refractivity contribution in [3.63, 3.8) is 0 Å². The second kappa shape index (κ2) is 8.36. The fourth-order valence-corrected chi connectivity index (χ4v) is 3.41. The van der Waals surface area contributed by atoms with E-state index < -0.39 is 0 Å². The number of benzene rings is 2. The highest BCUT2D eigenvalue weighted by Crippen LogP contribution is 2.32. The maximum atomic E-state index is 11.8. The van der Waals surface area contributed by atoms with Crippen molar-refractivity contribution in [1.29, 1.82) is 0 Å². The molecule has 0 saturated carbocycles. The molecule has 3 rings (SSSR count). The third kappa shape index (κ3) is 4.74. The van der Waals surface area contributed by atoms with Crippen LogP contribution in [-0.4, -0.2) is 44.5 Å². The molecule has 6 heteroatoms. The van der Waals surface area contributed by atoms with Gasteiger partial charge in [-0.1, -0.05) is 52.0 Å². The summed E-state index contributed by atoms with van der Waals surface area (Å²) in [5.41, 5.74) is 2.23. The van der Waals surface area contributed by atoms with Gasteiger partial charge < -0.3 is 14.7 Å². The Morgan fingerprint density at radius 3 is 2.64 bits per heavy atom. The zero-order valence-electron chi connectivity index (χ0n) is 14.2. The predicted octanol–water partition coefficient (Wildman–Crippen LogP) is 1.27. The summed E-state index contributed by atoms with van der Waals surface area (Å²) >= 11 is 3.27. The van der Waals surface area contributed by atoms with Crippen LogP contribution in [0.3, 0.4) is 0 Å². The van der Waals surface area contributed by atoms with Gasteiger partial charge in [0.2, 0.25) is 0 Å². The van der Waals surface area contributed by atoms with Gasteiger partial charge in [0.15, 0.2) is 0 Å². The Morgan fingerprint density at radius 2 is 1.96 bits per heavy atom. The van der Waals surface area contributed by atoms with Crippen LogP contribution >= 0.6 is 15.9 Å². The minimum absolute atomic E-state index is 0.141. The van der Waals surface area contributed by atoms with E-state index in [9.17, 15) is 5.11 Å². The topological polar surface area (TPSA) is 52.3 Å². The lowest BCUT2D eigenvalue weighted by Crippen LogP contribution is -3.13. The van der Waals surface area contributed by atoms with E-state index >= 15 is 0 Å². The average Bonchev–Trinajstić information content (AvgIpc) is 2.64. The first-order chi connectivity index (χ1) is 12.2. The van der Waals surface area contributed by atoms with Crippen molar-refractivity contribution >= 4 is 22.1 Å². The van der Waals surface area contributed by atoms with Crippen LogP contribution in [0.4, 0.5) is 0 Å². The van der Waals surface area contributed by atoms with Gasteiger partial charge in [-0.25, -0.2) is 0 Å². The molecule has 25 heavy (non-hydrogen) atoms. The lowest BCUT2D eigenvalue weighted by molar-refractivity contribution is -0.918. The fourth-order valence-electron chi connectivity index (χ4n) is 2.95. The Balaban J connectivity index is 1.55. The van der Waals surface area contributed by atoms with E-state index in [2.05, 4.69) is 56.4 Å². The SMILES string of the molecule is COc1cc(/C=N/N2CC[NH+](Cc3ccccc3)CC2)cc(Br)c1[O-]. The summed E-state index contributed by atoms with van der Waals surface area (Å²) in [5.74, 6) is 0.186. The second-order valence-corrected chi connectivity index (χ2v) is 7.00. The van der Waals surface area contributed by atoms with E-state index in [-0.39, 0.29) is 5.75 Å². The molecule has 0 atom stereocenters. The summed E-state index contributed by atoms with van der Waals surface area (Å²) in [6, 6.07) is 14.1. The third-order valence-corrected chi connectivity index (χ3v) is 4.95. The van der Waals surface area contributed by atoms with Crippen molar-refractivity contribution in [2.24, 2.45) is 5.10 Å². The molecule has 0 aliphatic carbocycles. The highest BCUT2D eigenvalue weighted by molar-refractivity contribution is 9.10. The maximum absolute atomic E-state index is 11.8. The standard InChI is InChI=1S/C19H22BrN3O2/c1-25-18-12-16(11-17(20)19(18)24)13-21-23-9-7-22(8-10-23)14-15-5-3-2-4-6-15/h2-6,11-13,24H,7-10,14H2,1H3/b21-13+. The number of hydrogen-bond donors (Lipinski definition) is 1. The van der Waals surface area contributed by atoms with E-state index in [1.54, 1.807) is 23.2 Å². The summed E-state index contributed by atoms with van der Waals surface area (Å²) in [6.07, 6.45) is 1.79. The van der Waals surface area contributed by atoms with Crippen LogP contribution in [0.15, 0.2) is 52.0 Å². The quantitative estimate of drug-likeness (QED) is 0.764. The zero-order chi connectivity index (χ0) is 17.6. The maximum Gasteiger partial charge on any atom is 0.112 e. The molecule has 1 fully saturated rings. The fraction of sp³-hybridized carbons (Fsp3) is 0.316. The Hall–Kier alpha value is -2.05. The van der Waals surface area contributed by atoms with E-state index in [1.165, 1.54) is 12.7 Å². The Kier molecular flexibility index (Phi) is 5.94. The number of hydrazone groups is 1. The normalized spacial score (nSPS) is 15.7. The van der Waals surface area contributed by atoms with Gasteiger partial charge in [0.25, 0.3) is 0 Å². The number of ether oxygens (including phenoxy) is 1. The van der Waals surface area contributed by atoms with Gasteiger partial charge in [0.05, 0.1) is 39.5 Å². The van der Waals surface area contributed by atoms with E-state index in [1.807, 2.05) is 0 Å². The van der Waals surface area contributed by atoms with Crippen molar-refractivity contribution in [3.8, 4) is 11.5 Å². The summed E-state index contributed by atoms with van der Waals surface area (Å²) in [5, 5.41) is 18.5. The molecule has 0 radical (unpaired) electrons. The van der Waals surface area contributed by atoms with Crippen molar-refractivity contribution < 1.29 is 14.7 Å². The summed E-state index contributed by atoms with van der Waals surface area (Å²) < 4.78 is 5.60. The van der Waals surface area contributed by atoms with Crippen LogP contribution in [0.1, 0.15) is 11.1 Å². The van der Waals surface area contributed by atoms with Crippen LogP contribution in [0.25, 0.3) is 0 Å². The van der Waals surface area contributed by atoms with Gasteiger partial charge in [-0.15, -0.1) is 0 Å². The average molecular weight is 404 g/mol. The first-order valence-electron chi connectivity index (χ1n) is 8.36. The molecule has 132 valence electrons. The molecular formula is C19H22BrN3O2. The Morgan fingerprint density at radius 1 is 1.24 bits per heavy atom. The molecule has 0 amide bonds. The van der Waals surface area contributed by atoms with E-state index in [4.69, 9.17) is 4.74 Å². The van der Waals surface area contributed by atoms with Gasteiger partial charge in [0, 0.05) is 10.0 Å². The predicted molar refractivity (Wildman–Crippen MR) is 100 cm³/mol. The van der Waals surface area contributed by atoms with Crippen molar-refractivity contribution in [2.45, 2.75) is 6.54 Å². The summed E-state index contributed by atoms with van der Waals surface area (Å²) in [7, 11) is 1.50. The smallest absolute Gasteiger partial charge is 0.112 e. The van der Waals surface area contributed by atoms with E-state index in [0.29, 0.717) is 10.2 Å². The Bertz CT molecular complexity index is 729. The van der Waals surface area contributed by atoms with Crippen LogP contribution in [0.5, 0.6) is 11.5 Å². The number of piperazine rings is 1. The first-order valence-corrected chi connectivity index (χ1v) is 9.16. The molecule has 2 aromatic carbocycles. The molecule has 1 saturated heterocycles. The lowest BCUT2D eigenvalue weighted by Gasteiger charge is -2.30. The van der Waals surface area contributed by atoms with Crippen molar-refractivity contribution in [2.75, 3.05) is 33.3 Å². The van der Waals surface area contributed by atoms with Crippen molar-refractivity contribution in [3.05, 3.63) is 58.1 Å². The molecule has 1 aliphatic rings. The number of nitrogens with one attached hydrogen (secondary N) is 1. The van der Waals surface area contributed by atoms with Gasteiger partial charge >= 0.3 is 0 Å². The van der Waals surface area contributed by atoms with Crippen LogP contribution in [-0.2, 0) is 6.54 Å². The molecule has 0 aromatic heterocycles. The van der Waals surface area contributed by atoms with Gasteiger partial charge in [0.1, 0.15) is 12.3 Å². The lowest BCUT2D eigenvalue weighted by atomic mass is 10.2. The minimum Gasteiger partial charge on any atom is -0.869 e. The molecule has 0 bridgehead atoms.